The van der Waals surface area contributed by atoms with Gasteiger partial charge in [0.05, 0.1) is 17.9 Å². The highest BCUT2D eigenvalue weighted by Crippen LogP contribution is 2.35. The summed E-state index contributed by atoms with van der Waals surface area (Å²) >= 11 is 0. The fourth-order valence-electron chi connectivity index (χ4n) is 5.41. The molecule has 0 spiro atoms. The molecule has 2 heterocycles. The van der Waals surface area contributed by atoms with E-state index in [1.807, 2.05) is 13.8 Å². The van der Waals surface area contributed by atoms with E-state index in [4.69, 9.17) is 4.74 Å². The van der Waals surface area contributed by atoms with Gasteiger partial charge in [0.25, 0.3) is 0 Å². The van der Waals surface area contributed by atoms with Gasteiger partial charge in [-0.3, -0.25) is 9.69 Å². The molecule has 8 heteroatoms. The van der Waals surface area contributed by atoms with Gasteiger partial charge in [-0.15, -0.1) is 0 Å². The van der Waals surface area contributed by atoms with Crippen LogP contribution >= 0.6 is 0 Å². The number of ketones is 1. The van der Waals surface area contributed by atoms with Gasteiger partial charge < -0.3 is 24.7 Å². The molecule has 1 saturated carbocycles. The van der Waals surface area contributed by atoms with Crippen molar-refractivity contribution in [1.82, 2.24) is 9.80 Å². The lowest BCUT2D eigenvalue weighted by atomic mass is 9.79. The Kier molecular flexibility index (Phi) is 7.34. The number of ether oxygens (including phenoxy) is 1. The van der Waals surface area contributed by atoms with E-state index in [0.717, 1.165) is 45.0 Å². The topological polar surface area (TPSA) is 76.5 Å². The number of fused-ring (bicyclic) bond motifs is 1. The van der Waals surface area contributed by atoms with Crippen molar-refractivity contribution in [2.24, 2.45) is 11.8 Å². The number of nitrogens with zero attached hydrogens (tertiary/aromatic N) is 3. The molecule has 7 nitrogen and oxygen atoms in total. The van der Waals surface area contributed by atoms with E-state index >= 15 is 0 Å². The zero-order chi connectivity index (χ0) is 22.8. The Bertz CT molecular complexity index is 799. The second-order valence-corrected chi connectivity index (χ2v) is 9.88. The Labute approximate surface area is 189 Å². The molecule has 3 fully saturated rings. The van der Waals surface area contributed by atoms with Gasteiger partial charge in [-0.1, -0.05) is 0 Å². The molecule has 1 aromatic rings. The van der Waals surface area contributed by atoms with E-state index in [-0.39, 0.29) is 17.7 Å². The highest BCUT2D eigenvalue weighted by atomic mass is 19.1. The third-order valence-electron chi connectivity index (χ3n) is 6.95. The van der Waals surface area contributed by atoms with Crippen LogP contribution < -0.4 is 9.64 Å². The average Bonchev–Trinajstić information content (AvgIpc) is 3.10. The molecule has 2 N–H and O–H groups in total. The first-order chi connectivity index (χ1) is 15.3. The second-order valence-electron chi connectivity index (χ2n) is 9.88. The van der Waals surface area contributed by atoms with E-state index in [9.17, 15) is 19.4 Å². The minimum absolute atomic E-state index is 0.0199. The summed E-state index contributed by atoms with van der Waals surface area (Å²) in [5.41, 5.74) is 0.787. The van der Waals surface area contributed by atoms with Gasteiger partial charge in [-0.05, 0) is 44.2 Å². The van der Waals surface area contributed by atoms with Gasteiger partial charge in [-0.2, -0.15) is 0 Å². The van der Waals surface area contributed by atoms with Crippen LogP contribution in [0.3, 0.4) is 0 Å². The number of aliphatic hydroxyl groups excluding tert-OH is 2. The number of Topliss-reactive ketones (excluding diaryl/α,β-unsaturated/α-hetero) is 1. The van der Waals surface area contributed by atoms with Crippen molar-refractivity contribution in [1.29, 1.82) is 0 Å². The van der Waals surface area contributed by atoms with Gasteiger partial charge in [0, 0.05) is 64.8 Å². The van der Waals surface area contributed by atoms with Gasteiger partial charge in [0.15, 0.2) is 5.78 Å². The molecule has 0 amide bonds. The standard InChI is InChI=1S/C24H36FN3O4/c1-16(2)32-24-4-3-19(25)11-21(24)28-7-5-26(6-8-28)14-20(29)15-27-12-17-9-22(30)23(31)10-18(17)13-27/h3-4,11,16-18,20,22,29-30H,5-10,12-15H2,1-2H3. The maximum absolute atomic E-state index is 13.9. The first kappa shape index (κ1) is 23.4. The van der Waals surface area contributed by atoms with E-state index in [2.05, 4.69) is 14.7 Å². The fraction of sp³-hybridized carbons (Fsp3) is 0.708. The molecule has 0 aromatic heterocycles. The maximum Gasteiger partial charge on any atom is 0.161 e. The number of rotatable bonds is 7. The Balaban J connectivity index is 1.25. The number of β-amino-alcohol motifs (C(OH)–C–C–N with tert-alkyl or cyclic N) is 1. The number of anilines is 1. The molecule has 1 aliphatic carbocycles. The molecule has 178 valence electrons. The van der Waals surface area contributed by atoms with E-state index in [0.29, 0.717) is 43.5 Å². The highest BCUT2D eigenvalue weighted by Gasteiger charge is 2.41. The first-order valence-corrected chi connectivity index (χ1v) is 11.8. The number of piperazine rings is 1. The molecule has 4 rings (SSSR count). The van der Waals surface area contributed by atoms with Crippen LogP contribution in [0.5, 0.6) is 5.75 Å². The quantitative estimate of drug-likeness (QED) is 0.651. The van der Waals surface area contributed by atoms with Crippen LogP contribution in [0, 0.1) is 17.7 Å². The molecule has 3 aliphatic rings. The van der Waals surface area contributed by atoms with Crippen LogP contribution in [0.25, 0.3) is 0 Å². The van der Waals surface area contributed by atoms with Gasteiger partial charge in [-0.25, -0.2) is 4.39 Å². The van der Waals surface area contributed by atoms with E-state index in [1.54, 1.807) is 6.07 Å². The van der Waals surface area contributed by atoms with Crippen molar-refractivity contribution in [3.63, 3.8) is 0 Å². The van der Waals surface area contributed by atoms with Gasteiger partial charge >= 0.3 is 0 Å². The van der Waals surface area contributed by atoms with Crippen LogP contribution in [-0.2, 0) is 4.79 Å². The average molecular weight is 450 g/mol. The lowest BCUT2D eigenvalue weighted by Gasteiger charge is -2.38. The van der Waals surface area contributed by atoms with Crippen LogP contribution in [0.2, 0.25) is 0 Å². The number of carbonyl (C=O) groups is 1. The molecule has 2 aliphatic heterocycles. The Morgan fingerprint density at radius 3 is 2.50 bits per heavy atom. The van der Waals surface area contributed by atoms with Crippen molar-refractivity contribution in [3.8, 4) is 5.75 Å². The highest BCUT2D eigenvalue weighted by molar-refractivity contribution is 5.84. The minimum Gasteiger partial charge on any atom is -0.489 e. The molecular formula is C24H36FN3O4. The van der Waals surface area contributed by atoms with Crippen LogP contribution in [0.4, 0.5) is 10.1 Å². The number of likely N-dealkylation sites (tertiary alicyclic amines) is 1. The molecule has 1 aromatic carbocycles. The molecule has 4 unspecified atom stereocenters. The smallest absolute Gasteiger partial charge is 0.161 e. The summed E-state index contributed by atoms with van der Waals surface area (Å²) in [6.45, 7) is 9.86. The predicted octanol–water partition coefficient (Wildman–Crippen LogP) is 1.37. The first-order valence-electron chi connectivity index (χ1n) is 11.8. The van der Waals surface area contributed by atoms with Gasteiger partial charge in [0.1, 0.15) is 17.7 Å². The summed E-state index contributed by atoms with van der Waals surface area (Å²) in [4.78, 5) is 18.4. The Morgan fingerprint density at radius 2 is 1.78 bits per heavy atom. The zero-order valence-electron chi connectivity index (χ0n) is 19.1. The normalized spacial score (nSPS) is 28.2. The zero-order valence-corrected chi connectivity index (χ0v) is 19.1. The Hall–Kier alpha value is -1.74. The van der Waals surface area contributed by atoms with Gasteiger partial charge in [0.2, 0.25) is 0 Å². The summed E-state index contributed by atoms with van der Waals surface area (Å²) in [5.74, 6) is 1.07. The lowest BCUT2D eigenvalue weighted by Crippen LogP contribution is -2.50. The van der Waals surface area contributed by atoms with Crippen LogP contribution in [-0.4, -0.2) is 96.5 Å². The van der Waals surface area contributed by atoms with Crippen molar-refractivity contribution < 1.29 is 24.1 Å². The van der Waals surface area contributed by atoms with E-state index in [1.165, 1.54) is 12.1 Å². The van der Waals surface area contributed by atoms with Crippen molar-refractivity contribution in [2.75, 3.05) is 57.3 Å². The number of aliphatic hydroxyl groups is 2. The molecule has 2 saturated heterocycles. The molecule has 4 atom stereocenters. The molecular weight excluding hydrogens is 413 g/mol. The second kappa shape index (κ2) is 10.0. The third kappa shape index (κ3) is 5.60. The summed E-state index contributed by atoms with van der Waals surface area (Å²) in [6.07, 6.45) is -0.228. The van der Waals surface area contributed by atoms with Crippen LogP contribution in [0.15, 0.2) is 18.2 Å². The lowest BCUT2D eigenvalue weighted by molar-refractivity contribution is -0.131. The monoisotopic (exact) mass is 449 g/mol. The number of hydrogen-bond acceptors (Lipinski definition) is 7. The summed E-state index contributed by atoms with van der Waals surface area (Å²) < 4.78 is 19.7. The summed E-state index contributed by atoms with van der Waals surface area (Å²) in [7, 11) is 0. The van der Waals surface area contributed by atoms with Crippen molar-refractivity contribution in [2.45, 2.75) is 45.0 Å². The molecule has 32 heavy (non-hydrogen) atoms. The number of hydrogen-bond donors (Lipinski definition) is 2. The number of halogens is 1. The number of benzene rings is 1. The minimum atomic E-state index is -0.804. The van der Waals surface area contributed by atoms with Crippen molar-refractivity contribution in [3.05, 3.63) is 24.0 Å². The Morgan fingerprint density at radius 1 is 1.09 bits per heavy atom. The third-order valence-corrected chi connectivity index (χ3v) is 6.95. The summed E-state index contributed by atoms with van der Waals surface area (Å²) in [5, 5.41) is 20.5. The largest absolute Gasteiger partial charge is 0.489 e. The number of carbonyl (C=O) groups excluding carboxylic acids is 1. The SMILES string of the molecule is CC(C)Oc1ccc(F)cc1N1CCN(CC(O)CN2CC3CC(=O)C(O)CC3C2)CC1. The van der Waals surface area contributed by atoms with Crippen LogP contribution in [0.1, 0.15) is 26.7 Å². The summed E-state index contributed by atoms with van der Waals surface area (Å²) in [6, 6.07) is 4.66. The molecule has 0 bridgehead atoms. The molecule has 0 radical (unpaired) electrons. The maximum atomic E-state index is 13.9. The van der Waals surface area contributed by atoms with Crippen molar-refractivity contribution >= 4 is 11.5 Å². The predicted molar refractivity (Wildman–Crippen MR) is 120 cm³/mol. The fourth-order valence-corrected chi connectivity index (χ4v) is 5.41. The van der Waals surface area contributed by atoms with E-state index < -0.39 is 12.2 Å².